The van der Waals surface area contributed by atoms with Crippen molar-refractivity contribution in [1.82, 2.24) is 4.90 Å². The van der Waals surface area contributed by atoms with Crippen LogP contribution in [-0.2, 0) is 19.6 Å². The molecule has 176 valence electrons. The molecule has 0 aromatic heterocycles. The van der Waals surface area contributed by atoms with Crippen molar-refractivity contribution in [3.8, 4) is 0 Å². The molecule has 3 aromatic carbocycles. The van der Waals surface area contributed by atoms with Gasteiger partial charge in [-0.1, -0.05) is 54.6 Å². The Hall–Kier alpha value is -4.57. The van der Waals surface area contributed by atoms with Crippen molar-refractivity contribution < 1.29 is 14.4 Å². The van der Waals surface area contributed by atoms with E-state index in [1.165, 1.54) is 0 Å². The van der Waals surface area contributed by atoms with Crippen molar-refractivity contribution in [1.29, 1.82) is 0 Å². The third kappa shape index (κ3) is 6.97. The SMILES string of the molecule is NC(=O)Nc1ccccc1CN(Cc1ccccc1NC(N)=O)Cc1ccccc1NC(N)=O. The predicted molar refractivity (Wildman–Crippen MR) is 132 cm³/mol. The summed E-state index contributed by atoms with van der Waals surface area (Å²) in [5.74, 6) is 0. The molecule has 0 saturated carbocycles. The van der Waals surface area contributed by atoms with E-state index >= 15 is 0 Å². The number of nitrogens with zero attached hydrogens (tertiary/aromatic N) is 1. The Morgan fingerprint density at radius 3 is 1.06 bits per heavy atom. The fourth-order valence-electron chi connectivity index (χ4n) is 3.63. The fourth-order valence-corrected chi connectivity index (χ4v) is 3.63. The molecule has 0 radical (unpaired) electrons. The summed E-state index contributed by atoms with van der Waals surface area (Å²) < 4.78 is 0. The van der Waals surface area contributed by atoms with Gasteiger partial charge >= 0.3 is 18.1 Å². The van der Waals surface area contributed by atoms with Gasteiger partial charge in [0.2, 0.25) is 0 Å². The zero-order valence-electron chi connectivity index (χ0n) is 18.5. The van der Waals surface area contributed by atoms with E-state index in [9.17, 15) is 14.4 Å². The lowest BCUT2D eigenvalue weighted by molar-refractivity contribution is 0.248. The van der Waals surface area contributed by atoms with E-state index in [4.69, 9.17) is 17.2 Å². The molecule has 0 aliphatic rings. The van der Waals surface area contributed by atoms with Gasteiger partial charge in [0.25, 0.3) is 0 Å². The molecule has 34 heavy (non-hydrogen) atoms. The number of para-hydroxylation sites is 3. The summed E-state index contributed by atoms with van der Waals surface area (Å²) in [7, 11) is 0. The molecular formula is C24H27N7O3. The molecule has 3 rings (SSSR count). The van der Waals surface area contributed by atoms with Gasteiger partial charge in [0.05, 0.1) is 0 Å². The van der Waals surface area contributed by atoms with Crippen LogP contribution in [-0.4, -0.2) is 23.0 Å². The molecule has 0 saturated heterocycles. The second-order valence-corrected chi connectivity index (χ2v) is 7.58. The fraction of sp³-hybridized carbons (Fsp3) is 0.125. The molecular weight excluding hydrogens is 434 g/mol. The first-order chi connectivity index (χ1) is 16.3. The van der Waals surface area contributed by atoms with Crippen molar-refractivity contribution in [3.05, 3.63) is 89.5 Å². The highest BCUT2D eigenvalue weighted by molar-refractivity contribution is 5.89. The van der Waals surface area contributed by atoms with Crippen LogP contribution < -0.4 is 33.2 Å². The normalized spacial score (nSPS) is 10.5. The number of benzene rings is 3. The van der Waals surface area contributed by atoms with Gasteiger partial charge in [-0.3, -0.25) is 4.90 Å². The minimum atomic E-state index is -0.661. The zero-order chi connectivity index (χ0) is 24.5. The minimum absolute atomic E-state index is 0.423. The molecule has 0 aliphatic carbocycles. The molecule has 9 N–H and O–H groups in total. The van der Waals surface area contributed by atoms with Crippen molar-refractivity contribution in [3.63, 3.8) is 0 Å². The molecule has 10 nitrogen and oxygen atoms in total. The maximum atomic E-state index is 11.5. The third-order valence-electron chi connectivity index (χ3n) is 5.01. The number of nitrogens with two attached hydrogens (primary N) is 3. The van der Waals surface area contributed by atoms with Crippen molar-refractivity contribution in [2.45, 2.75) is 19.6 Å². The van der Waals surface area contributed by atoms with Crippen molar-refractivity contribution in [2.75, 3.05) is 16.0 Å². The Morgan fingerprint density at radius 1 is 0.529 bits per heavy atom. The molecule has 0 atom stereocenters. The van der Waals surface area contributed by atoms with Crippen LogP contribution in [0.3, 0.4) is 0 Å². The van der Waals surface area contributed by atoms with Crippen LogP contribution in [0.5, 0.6) is 0 Å². The van der Waals surface area contributed by atoms with E-state index in [1.807, 2.05) is 36.4 Å². The molecule has 10 heteroatoms. The maximum Gasteiger partial charge on any atom is 0.316 e. The second-order valence-electron chi connectivity index (χ2n) is 7.58. The summed E-state index contributed by atoms with van der Waals surface area (Å²) in [6.07, 6.45) is 0. The summed E-state index contributed by atoms with van der Waals surface area (Å²) in [6.45, 7) is 1.27. The number of carbonyl (C=O) groups excluding carboxylic acids is 3. The molecule has 0 heterocycles. The van der Waals surface area contributed by atoms with E-state index < -0.39 is 18.1 Å². The average molecular weight is 462 g/mol. The first kappa shape index (κ1) is 24.1. The van der Waals surface area contributed by atoms with E-state index in [0.717, 1.165) is 16.7 Å². The van der Waals surface area contributed by atoms with Crippen LogP contribution in [0.15, 0.2) is 72.8 Å². The molecule has 0 bridgehead atoms. The van der Waals surface area contributed by atoms with Crippen LogP contribution in [0.4, 0.5) is 31.4 Å². The Bertz CT molecular complexity index is 1040. The van der Waals surface area contributed by atoms with Gasteiger partial charge in [-0.05, 0) is 34.9 Å². The highest BCUT2D eigenvalue weighted by Crippen LogP contribution is 2.25. The van der Waals surface area contributed by atoms with Gasteiger partial charge in [-0.15, -0.1) is 0 Å². The summed E-state index contributed by atoms with van der Waals surface area (Å²) in [6, 6.07) is 20.0. The summed E-state index contributed by atoms with van der Waals surface area (Å²) in [5.41, 5.74) is 20.3. The van der Waals surface area contributed by atoms with E-state index in [2.05, 4.69) is 20.9 Å². The van der Waals surface area contributed by atoms with Gasteiger partial charge in [-0.25, -0.2) is 14.4 Å². The Balaban J connectivity index is 1.96. The van der Waals surface area contributed by atoms with Gasteiger partial charge in [-0.2, -0.15) is 0 Å². The molecule has 0 fully saturated rings. The smallest absolute Gasteiger partial charge is 0.316 e. The number of urea groups is 3. The monoisotopic (exact) mass is 461 g/mol. The topological polar surface area (TPSA) is 169 Å². The highest BCUT2D eigenvalue weighted by Gasteiger charge is 2.16. The number of carbonyl (C=O) groups is 3. The van der Waals surface area contributed by atoms with Gasteiger partial charge in [0, 0.05) is 36.7 Å². The number of rotatable bonds is 9. The number of anilines is 3. The van der Waals surface area contributed by atoms with Crippen molar-refractivity contribution >= 4 is 35.2 Å². The average Bonchev–Trinajstić information content (AvgIpc) is 2.77. The summed E-state index contributed by atoms with van der Waals surface area (Å²) in [5, 5.41) is 7.94. The molecule has 3 aromatic rings. The van der Waals surface area contributed by atoms with Crippen LogP contribution >= 0.6 is 0 Å². The lowest BCUT2D eigenvalue weighted by Gasteiger charge is -2.26. The zero-order valence-corrected chi connectivity index (χ0v) is 18.5. The Kier molecular flexibility index (Phi) is 8.03. The Labute approximate surface area is 197 Å². The number of hydrogen-bond acceptors (Lipinski definition) is 4. The van der Waals surface area contributed by atoms with Crippen molar-refractivity contribution in [2.24, 2.45) is 17.2 Å². The first-order valence-corrected chi connectivity index (χ1v) is 10.5. The molecule has 0 spiro atoms. The van der Waals surface area contributed by atoms with Crippen LogP contribution in [0, 0.1) is 0 Å². The minimum Gasteiger partial charge on any atom is -0.351 e. The summed E-state index contributed by atoms with van der Waals surface area (Å²) >= 11 is 0. The van der Waals surface area contributed by atoms with Gasteiger partial charge in [0.15, 0.2) is 0 Å². The Morgan fingerprint density at radius 2 is 0.794 bits per heavy atom. The lowest BCUT2D eigenvalue weighted by atomic mass is 10.1. The van der Waals surface area contributed by atoms with E-state index in [0.29, 0.717) is 36.7 Å². The van der Waals surface area contributed by atoms with E-state index in [-0.39, 0.29) is 0 Å². The standard InChI is InChI=1S/C24H27N7O3/c25-22(32)28-19-10-4-1-7-16(19)13-31(14-17-8-2-5-11-20(17)29-23(26)33)15-18-9-3-6-12-21(18)30-24(27)34/h1-12H,13-15H2,(H3,25,28,32)(H3,26,29,33)(H3,27,30,34). The molecule has 6 amide bonds. The lowest BCUT2D eigenvalue weighted by Crippen LogP contribution is -2.27. The summed E-state index contributed by atoms with van der Waals surface area (Å²) in [4.78, 5) is 36.5. The molecule has 0 aliphatic heterocycles. The van der Waals surface area contributed by atoms with Gasteiger partial charge in [0.1, 0.15) is 0 Å². The predicted octanol–water partition coefficient (Wildman–Crippen LogP) is 3.36. The van der Waals surface area contributed by atoms with Crippen LogP contribution in [0.2, 0.25) is 0 Å². The number of hydrogen-bond donors (Lipinski definition) is 6. The van der Waals surface area contributed by atoms with Crippen LogP contribution in [0.1, 0.15) is 16.7 Å². The van der Waals surface area contributed by atoms with Crippen LogP contribution in [0.25, 0.3) is 0 Å². The largest absolute Gasteiger partial charge is 0.351 e. The van der Waals surface area contributed by atoms with E-state index in [1.54, 1.807) is 36.4 Å². The highest BCUT2D eigenvalue weighted by atomic mass is 16.2. The first-order valence-electron chi connectivity index (χ1n) is 10.5. The number of primary amides is 3. The maximum absolute atomic E-state index is 11.5. The van der Waals surface area contributed by atoms with Gasteiger partial charge < -0.3 is 33.2 Å². The second kappa shape index (κ2) is 11.3. The molecule has 0 unspecified atom stereocenters. The third-order valence-corrected chi connectivity index (χ3v) is 5.01. The number of amides is 6. The quantitative estimate of drug-likeness (QED) is 0.287. The number of nitrogens with one attached hydrogen (secondary N) is 3.